The quantitative estimate of drug-likeness (QED) is 0.458. The summed E-state index contributed by atoms with van der Waals surface area (Å²) in [5.41, 5.74) is 10.9. The molecule has 0 aromatic heterocycles. The Hall–Kier alpha value is -1.30. The molecule has 1 aliphatic heterocycles. The molecule has 6 nitrogen and oxygen atoms in total. The summed E-state index contributed by atoms with van der Waals surface area (Å²) in [6.07, 6.45) is 2.05. The number of nitrogens with one attached hydrogen (secondary N) is 1. The van der Waals surface area contributed by atoms with Gasteiger partial charge in [-0.15, -0.1) is 0 Å². The van der Waals surface area contributed by atoms with E-state index < -0.39 is 12.0 Å². The van der Waals surface area contributed by atoms with Crippen molar-refractivity contribution in [1.82, 2.24) is 5.32 Å². The number of aliphatic carboxylic acids is 1. The molecule has 80 valence electrons. The molecule has 0 aliphatic carbocycles. The van der Waals surface area contributed by atoms with Crippen LogP contribution >= 0.6 is 0 Å². The highest BCUT2D eigenvalue weighted by atomic mass is 16.4. The number of rotatable bonds is 4. The van der Waals surface area contributed by atoms with Crippen LogP contribution in [0.15, 0.2) is 4.99 Å². The monoisotopic (exact) mass is 200 g/mol. The largest absolute Gasteiger partial charge is 0.480 e. The number of hydrogen-bond acceptors (Lipinski definition) is 5. The third kappa shape index (κ3) is 3.21. The molecule has 2 atom stereocenters. The molecule has 0 saturated carbocycles. The predicted molar refractivity (Wildman–Crippen MR) is 52.9 cm³/mol. The standard InChI is InChI=1S/C8H16N4O2/c9-6(7(13)14)2-1-5-3-4-11-8(10)12-5/h5-6H,1-4,9H2,(H,13,14)(H3,10,11,12)/t5?,6-/m0/s1. The first-order chi connectivity index (χ1) is 6.59. The number of nitrogens with zero attached hydrogens (tertiary/aromatic N) is 1. The number of hydrogen-bond donors (Lipinski definition) is 4. The van der Waals surface area contributed by atoms with Crippen molar-refractivity contribution in [1.29, 1.82) is 0 Å². The average Bonchev–Trinajstić information content (AvgIpc) is 2.14. The molecule has 1 aliphatic rings. The van der Waals surface area contributed by atoms with Gasteiger partial charge in [0.2, 0.25) is 0 Å². The fraction of sp³-hybridized carbons (Fsp3) is 0.750. The molecule has 1 heterocycles. The Labute approximate surface area is 82.4 Å². The molecule has 0 spiro atoms. The maximum atomic E-state index is 10.4. The Bertz CT molecular complexity index is 241. The van der Waals surface area contributed by atoms with E-state index in [1.807, 2.05) is 0 Å². The van der Waals surface area contributed by atoms with Gasteiger partial charge in [-0.1, -0.05) is 0 Å². The maximum Gasteiger partial charge on any atom is 0.320 e. The SMILES string of the molecule is NC1=NCCC(CC[C@H](N)C(=O)O)N1. The summed E-state index contributed by atoms with van der Waals surface area (Å²) in [5.74, 6) is -0.521. The van der Waals surface area contributed by atoms with Crippen molar-refractivity contribution in [2.75, 3.05) is 6.54 Å². The lowest BCUT2D eigenvalue weighted by Gasteiger charge is -2.22. The summed E-state index contributed by atoms with van der Waals surface area (Å²) in [5, 5.41) is 11.6. The summed E-state index contributed by atoms with van der Waals surface area (Å²) in [7, 11) is 0. The lowest BCUT2D eigenvalue weighted by atomic mass is 10.0. The molecule has 0 saturated heterocycles. The van der Waals surface area contributed by atoms with Gasteiger partial charge < -0.3 is 21.9 Å². The number of nitrogens with two attached hydrogens (primary N) is 2. The van der Waals surface area contributed by atoms with Crippen molar-refractivity contribution >= 4 is 11.9 Å². The molecular weight excluding hydrogens is 184 g/mol. The zero-order chi connectivity index (χ0) is 10.6. The fourth-order valence-electron chi connectivity index (χ4n) is 1.39. The Morgan fingerprint density at radius 1 is 1.79 bits per heavy atom. The van der Waals surface area contributed by atoms with E-state index in [9.17, 15) is 4.79 Å². The first-order valence-electron chi connectivity index (χ1n) is 4.64. The number of carboxylic acid groups (broad SMARTS) is 1. The Balaban J connectivity index is 2.25. The first kappa shape index (κ1) is 10.8. The molecule has 6 heteroatoms. The average molecular weight is 200 g/mol. The van der Waals surface area contributed by atoms with Crippen molar-refractivity contribution in [2.45, 2.75) is 31.3 Å². The van der Waals surface area contributed by atoms with Gasteiger partial charge in [-0.2, -0.15) is 0 Å². The zero-order valence-corrected chi connectivity index (χ0v) is 7.94. The van der Waals surface area contributed by atoms with Crippen LogP contribution in [0, 0.1) is 0 Å². The second kappa shape index (κ2) is 4.80. The maximum absolute atomic E-state index is 10.4. The van der Waals surface area contributed by atoms with Crippen LogP contribution in [0.1, 0.15) is 19.3 Å². The molecule has 0 fully saturated rings. The van der Waals surface area contributed by atoms with Crippen LogP contribution in [0.3, 0.4) is 0 Å². The lowest BCUT2D eigenvalue weighted by molar-refractivity contribution is -0.138. The van der Waals surface area contributed by atoms with E-state index in [0.29, 0.717) is 25.3 Å². The van der Waals surface area contributed by atoms with Gasteiger partial charge in [-0.05, 0) is 19.3 Å². The molecule has 0 radical (unpaired) electrons. The lowest BCUT2D eigenvalue weighted by Crippen LogP contribution is -2.44. The van der Waals surface area contributed by atoms with Crippen LogP contribution in [0.25, 0.3) is 0 Å². The molecule has 0 amide bonds. The molecule has 1 rings (SSSR count). The van der Waals surface area contributed by atoms with Crippen molar-refractivity contribution in [2.24, 2.45) is 16.5 Å². The molecule has 14 heavy (non-hydrogen) atoms. The summed E-state index contributed by atoms with van der Waals surface area (Å²) in [6.45, 7) is 0.700. The van der Waals surface area contributed by atoms with E-state index in [2.05, 4.69) is 10.3 Å². The summed E-state index contributed by atoms with van der Waals surface area (Å²) >= 11 is 0. The molecular formula is C8H16N4O2. The number of aliphatic imine (C=N–C) groups is 1. The van der Waals surface area contributed by atoms with Crippen LogP contribution in [0.5, 0.6) is 0 Å². The van der Waals surface area contributed by atoms with Crippen LogP contribution in [-0.4, -0.2) is 35.7 Å². The van der Waals surface area contributed by atoms with Gasteiger partial charge in [-0.25, -0.2) is 0 Å². The number of carbonyl (C=O) groups is 1. The second-order valence-electron chi connectivity index (χ2n) is 3.42. The predicted octanol–water partition coefficient (Wildman–Crippen LogP) is -1.14. The van der Waals surface area contributed by atoms with Crippen molar-refractivity contribution in [3.05, 3.63) is 0 Å². The molecule has 1 unspecified atom stereocenters. The van der Waals surface area contributed by atoms with E-state index in [-0.39, 0.29) is 6.04 Å². The smallest absolute Gasteiger partial charge is 0.320 e. The van der Waals surface area contributed by atoms with Gasteiger partial charge in [0, 0.05) is 12.6 Å². The van der Waals surface area contributed by atoms with Crippen molar-refractivity contribution in [3.63, 3.8) is 0 Å². The van der Waals surface area contributed by atoms with Gasteiger partial charge in [0.1, 0.15) is 6.04 Å². The van der Waals surface area contributed by atoms with Gasteiger partial charge in [0.15, 0.2) is 5.96 Å². The minimum Gasteiger partial charge on any atom is -0.480 e. The van der Waals surface area contributed by atoms with E-state index in [1.54, 1.807) is 0 Å². The van der Waals surface area contributed by atoms with Crippen LogP contribution in [0.2, 0.25) is 0 Å². The molecule has 6 N–H and O–H groups in total. The Morgan fingerprint density at radius 2 is 2.50 bits per heavy atom. The minimum atomic E-state index is -0.956. The highest BCUT2D eigenvalue weighted by Crippen LogP contribution is 2.07. The third-order valence-electron chi connectivity index (χ3n) is 2.26. The summed E-state index contributed by atoms with van der Waals surface area (Å²) in [6, 6.07) is -0.574. The van der Waals surface area contributed by atoms with E-state index in [0.717, 1.165) is 6.42 Å². The Morgan fingerprint density at radius 3 is 3.07 bits per heavy atom. The molecule has 0 bridgehead atoms. The van der Waals surface area contributed by atoms with E-state index in [1.165, 1.54) is 0 Å². The van der Waals surface area contributed by atoms with Gasteiger partial charge in [0.05, 0.1) is 0 Å². The fourth-order valence-corrected chi connectivity index (χ4v) is 1.39. The number of guanidine groups is 1. The zero-order valence-electron chi connectivity index (χ0n) is 7.94. The topological polar surface area (TPSA) is 114 Å². The normalized spacial score (nSPS) is 23.5. The van der Waals surface area contributed by atoms with E-state index in [4.69, 9.17) is 16.6 Å². The third-order valence-corrected chi connectivity index (χ3v) is 2.26. The summed E-state index contributed by atoms with van der Waals surface area (Å²) in [4.78, 5) is 14.4. The van der Waals surface area contributed by atoms with E-state index >= 15 is 0 Å². The Kier molecular flexibility index (Phi) is 3.70. The van der Waals surface area contributed by atoms with Crippen LogP contribution in [-0.2, 0) is 4.79 Å². The van der Waals surface area contributed by atoms with Crippen LogP contribution in [0.4, 0.5) is 0 Å². The minimum absolute atomic E-state index is 0.206. The van der Waals surface area contributed by atoms with Gasteiger partial charge >= 0.3 is 5.97 Å². The van der Waals surface area contributed by atoms with Gasteiger partial charge in [0.25, 0.3) is 0 Å². The first-order valence-corrected chi connectivity index (χ1v) is 4.64. The van der Waals surface area contributed by atoms with Crippen molar-refractivity contribution < 1.29 is 9.90 Å². The summed E-state index contributed by atoms with van der Waals surface area (Å²) < 4.78 is 0. The van der Waals surface area contributed by atoms with Crippen LogP contribution < -0.4 is 16.8 Å². The second-order valence-corrected chi connectivity index (χ2v) is 3.42. The molecule has 0 aromatic carbocycles. The highest BCUT2D eigenvalue weighted by molar-refractivity contribution is 5.78. The van der Waals surface area contributed by atoms with Crippen molar-refractivity contribution in [3.8, 4) is 0 Å². The number of carboxylic acids is 1. The molecule has 0 aromatic rings. The highest BCUT2D eigenvalue weighted by Gasteiger charge is 2.17. The van der Waals surface area contributed by atoms with Gasteiger partial charge in [-0.3, -0.25) is 9.79 Å².